The number of carbonyl (C=O) groups is 6. The van der Waals surface area contributed by atoms with Gasteiger partial charge in [0.05, 0.1) is 112 Å². The second-order valence-corrected chi connectivity index (χ2v) is 30.3. The summed E-state index contributed by atoms with van der Waals surface area (Å²) >= 11 is 1.54. The van der Waals surface area contributed by atoms with Gasteiger partial charge in [0, 0.05) is 83.1 Å². The summed E-state index contributed by atoms with van der Waals surface area (Å²) in [6, 6.07) is 90.4. The molecule has 10 heterocycles. The molecule has 10 aromatic heterocycles. The number of aromatic nitrogens is 16. The van der Waals surface area contributed by atoms with Crippen LogP contribution in [0.2, 0.25) is 0 Å². The van der Waals surface area contributed by atoms with Crippen LogP contribution < -0.4 is 4.74 Å². The Hall–Kier alpha value is -18.3. The van der Waals surface area contributed by atoms with E-state index >= 15 is 0 Å². The van der Waals surface area contributed by atoms with E-state index in [4.69, 9.17) is 30.3 Å². The highest BCUT2D eigenvalue weighted by Gasteiger charge is 2.22. The summed E-state index contributed by atoms with van der Waals surface area (Å²) in [5, 5.41) is 109. The number of carboxylic acid groups (broad SMARTS) is 6. The highest BCUT2D eigenvalue weighted by molar-refractivity contribution is 7.21. The quantitative estimate of drug-likeness (QED) is 0.0510. The van der Waals surface area contributed by atoms with Crippen molar-refractivity contribution < 1.29 is 64.1 Å². The molecular formula is C99H66N16O13S. The van der Waals surface area contributed by atoms with Crippen molar-refractivity contribution in [2.75, 3.05) is 7.11 Å². The van der Waals surface area contributed by atoms with Crippen molar-refractivity contribution in [2.24, 2.45) is 0 Å². The Morgan fingerprint density at radius 2 is 0.674 bits per heavy atom. The number of methoxy groups -OCH3 is 1. The SMILES string of the molecule is COc1ccccc1-c1n[nH]c2ccc(C(=O)O)cc12.O=C(O)c1ccc2[nH]nc(-c3ccc4ccccc4c3)c2c1.O=C(O)c1ccc2[nH]nc(-c3ccc4ccccc4n3)c2c1.O=C(O)c1ccc2[nH]nc(-c3ccnc4ccccc34)c2c1.O=C(O)c1ccc2[nH]nc(-c3cnc4ccccc4c3)c2c1.O=C(O)c1ccc2[nH]nc(-c3nc4ccccc4s3)c2c1. The number of nitrogens with one attached hydrogen (secondary N) is 6. The average molecular weight is 1720 g/mol. The van der Waals surface area contributed by atoms with Crippen LogP contribution in [0.5, 0.6) is 5.75 Å². The van der Waals surface area contributed by atoms with Crippen LogP contribution in [0.25, 0.3) is 186 Å². The van der Waals surface area contributed by atoms with Gasteiger partial charge in [-0.25, -0.2) is 38.7 Å². The maximum absolute atomic E-state index is 11.2. The molecule has 0 bridgehead atoms. The Labute approximate surface area is 730 Å². The Morgan fingerprint density at radius 1 is 0.287 bits per heavy atom. The summed E-state index contributed by atoms with van der Waals surface area (Å²) in [6.07, 6.45) is 3.49. The molecule has 29 nitrogen and oxygen atoms in total. The Morgan fingerprint density at radius 3 is 1.20 bits per heavy atom. The number of aromatic carboxylic acids is 6. The molecule has 0 saturated carbocycles. The normalized spacial score (nSPS) is 11.0. The van der Waals surface area contributed by atoms with Crippen molar-refractivity contribution in [1.82, 2.24) is 81.1 Å². The number of thiazole rings is 1. The van der Waals surface area contributed by atoms with Crippen molar-refractivity contribution in [3.05, 3.63) is 343 Å². The van der Waals surface area contributed by atoms with Crippen LogP contribution >= 0.6 is 11.3 Å². The van der Waals surface area contributed by atoms with Crippen molar-refractivity contribution >= 4 is 166 Å². The number of hydrogen-bond acceptors (Lipinski definition) is 18. The first kappa shape index (κ1) is 81.7. The molecule has 0 spiro atoms. The van der Waals surface area contributed by atoms with Gasteiger partial charge in [0.1, 0.15) is 39.2 Å². The van der Waals surface area contributed by atoms with E-state index in [0.717, 1.165) is 158 Å². The van der Waals surface area contributed by atoms with Gasteiger partial charge < -0.3 is 35.4 Å². The number of hydrogen-bond donors (Lipinski definition) is 12. The zero-order valence-corrected chi connectivity index (χ0v) is 68.2. The number of carboxylic acids is 6. The van der Waals surface area contributed by atoms with E-state index in [-0.39, 0.29) is 33.4 Å². The molecular weight excluding hydrogens is 1650 g/mol. The molecule has 23 rings (SSSR count). The van der Waals surface area contributed by atoms with Crippen LogP contribution in [-0.4, -0.2) is 155 Å². The molecule has 13 aromatic carbocycles. The van der Waals surface area contributed by atoms with E-state index in [2.05, 4.69) is 99.3 Å². The van der Waals surface area contributed by atoms with Crippen LogP contribution in [0.1, 0.15) is 62.1 Å². The number of fused-ring (bicyclic) bond motifs is 11. The molecule has 0 unspecified atom stereocenters. The minimum Gasteiger partial charge on any atom is -0.496 e. The number of rotatable bonds is 13. The van der Waals surface area contributed by atoms with Gasteiger partial charge in [0.15, 0.2) is 0 Å². The number of H-pyrrole nitrogens is 6. The number of ether oxygens (including phenoxy) is 1. The highest BCUT2D eigenvalue weighted by Crippen LogP contribution is 2.39. The molecule has 626 valence electrons. The molecule has 129 heavy (non-hydrogen) atoms. The first-order valence-electron chi connectivity index (χ1n) is 39.7. The third-order valence-electron chi connectivity index (χ3n) is 21.3. The first-order chi connectivity index (χ1) is 62.8. The summed E-state index contributed by atoms with van der Waals surface area (Å²) in [4.78, 5) is 84.8. The van der Waals surface area contributed by atoms with E-state index in [9.17, 15) is 33.9 Å². The number of para-hydroxylation sites is 5. The predicted octanol–water partition coefficient (Wildman–Crippen LogP) is 21.0. The molecule has 23 aromatic rings. The lowest BCUT2D eigenvalue weighted by Gasteiger charge is -2.06. The molecule has 0 aliphatic carbocycles. The third kappa shape index (κ3) is 16.9. The van der Waals surface area contributed by atoms with E-state index in [1.54, 1.807) is 140 Å². The first-order valence-corrected chi connectivity index (χ1v) is 40.5. The van der Waals surface area contributed by atoms with E-state index in [1.807, 2.05) is 170 Å². The minimum atomic E-state index is -0.959. The lowest BCUT2D eigenvalue weighted by Crippen LogP contribution is -1.95. The second-order valence-electron chi connectivity index (χ2n) is 29.3. The van der Waals surface area contributed by atoms with Crippen LogP contribution in [0.15, 0.2) is 310 Å². The minimum absolute atomic E-state index is 0.232. The number of nitrogens with zero attached hydrogens (tertiary/aromatic N) is 10. The smallest absolute Gasteiger partial charge is 0.335 e. The fourth-order valence-electron chi connectivity index (χ4n) is 14.9. The van der Waals surface area contributed by atoms with E-state index in [1.165, 1.54) is 0 Å². The van der Waals surface area contributed by atoms with E-state index in [0.29, 0.717) is 34.2 Å². The number of aromatic amines is 6. The van der Waals surface area contributed by atoms with Crippen LogP contribution in [0.4, 0.5) is 0 Å². The fourth-order valence-corrected chi connectivity index (χ4v) is 15.9. The zero-order valence-electron chi connectivity index (χ0n) is 67.4. The van der Waals surface area contributed by atoms with Gasteiger partial charge in [-0.2, -0.15) is 30.6 Å². The standard InChI is InChI=1S/C18H12N2O2.3C17H11N3O2.C15H9N3O2S.C15H12N2O3/c21-18(22)14-7-8-16-15(10-14)17(20-19-16)13-6-5-11-3-1-2-4-12(11)9-13;21-17(22)11-6-7-14-12(9-11)16(20-19-14)15-8-5-10-3-1-2-4-13(10)18-15;21-17(22)11-5-6-15-13(8-11)16(20-19-15)12-7-10-3-1-2-4-14(10)18-9-12;21-17(22)10-5-6-15-13(9-10)16(20-19-15)12-7-8-18-14-4-2-1-3-11(12)14;19-15(20)8-5-6-10-9(7-8)13(18-17-10)14-16-11-3-1-2-4-12(11)21-14;1-20-13-5-3-2-4-10(13)14-11-8-9(15(18)19)6-7-12(11)16-17-14/h1-10H,(H,19,20)(H,21,22);3*1-9H,(H,19,20)(H,21,22);1-7H,(H,17,18)(H,19,20);2-8H,1H3,(H,16,17)(H,18,19). The van der Waals surface area contributed by atoms with Crippen LogP contribution in [0, 0.1) is 0 Å². The molecule has 0 atom stereocenters. The lowest BCUT2D eigenvalue weighted by atomic mass is 10.0. The zero-order chi connectivity index (χ0) is 88.9. The molecule has 0 saturated heterocycles. The lowest BCUT2D eigenvalue weighted by molar-refractivity contribution is 0.0686. The molecule has 12 N–H and O–H groups in total. The van der Waals surface area contributed by atoms with E-state index < -0.39 is 35.8 Å². The summed E-state index contributed by atoms with van der Waals surface area (Å²) in [6.45, 7) is 0. The van der Waals surface area contributed by atoms with Gasteiger partial charge >= 0.3 is 35.8 Å². The maximum atomic E-state index is 11.2. The summed E-state index contributed by atoms with van der Waals surface area (Å²) in [5.41, 5.74) is 18.4. The number of pyridine rings is 3. The molecule has 0 fully saturated rings. The maximum Gasteiger partial charge on any atom is 0.335 e. The summed E-state index contributed by atoms with van der Waals surface area (Å²) < 4.78 is 6.41. The molecule has 30 heteroatoms. The monoisotopic (exact) mass is 1720 g/mol. The molecule has 0 aliphatic rings. The Kier molecular flexibility index (Phi) is 22.3. The topological polar surface area (TPSA) is 457 Å². The molecule has 0 aliphatic heterocycles. The predicted molar refractivity (Wildman–Crippen MR) is 494 cm³/mol. The largest absolute Gasteiger partial charge is 0.496 e. The third-order valence-corrected chi connectivity index (χ3v) is 22.4. The number of benzene rings is 13. The second kappa shape index (κ2) is 35.3. The summed E-state index contributed by atoms with van der Waals surface area (Å²) in [5.74, 6) is -5.01. The fraction of sp³-hybridized carbons (Fsp3) is 0.0101. The van der Waals surface area contributed by atoms with Gasteiger partial charge in [0.25, 0.3) is 0 Å². The van der Waals surface area contributed by atoms with Gasteiger partial charge in [-0.15, -0.1) is 11.3 Å². The molecule has 0 amide bonds. The van der Waals surface area contributed by atoms with Crippen molar-refractivity contribution in [3.63, 3.8) is 0 Å². The average Bonchev–Trinajstić information content (AvgIpc) is 1.45. The van der Waals surface area contributed by atoms with Gasteiger partial charge in [0.2, 0.25) is 0 Å². The van der Waals surface area contributed by atoms with Crippen molar-refractivity contribution in [2.45, 2.75) is 0 Å². The Balaban J connectivity index is 0.000000104. The van der Waals surface area contributed by atoms with Crippen LogP contribution in [0.3, 0.4) is 0 Å². The van der Waals surface area contributed by atoms with Gasteiger partial charge in [-0.3, -0.25) is 40.6 Å². The van der Waals surface area contributed by atoms with Crippen molar-refractivity contribution in [3.8, 4) is 72.9 Å². The molecule has 0 radical (unpaired) electrons. The van der Waals surface area contributed by atoms with Crippen molar-refractivity contribution in [1.29, 1.82) is 0 Å². The highest BCUT2D eigenvalue weighted by atomic mass is 32.1. The summed E-state index contributed by atoms with van der Waals surface area (Å²) in [7, 11) is 1.59. The Bertz CT molecular complexity index is 7910. The van der Waals surface area contributed by atoms with Gasteiger partial charge in [-0.1, -0.05) is 121 Å². The van der Waals surface area contributed by atoms with Gasteiger partial charge in [-0.05, 0) is 187 Å². The van der Waals surface area contributed by atoms with Crippen LogP contribution in [-0.2, 0) is 0 Å².